The van der Waals surface area contributed by atoms with Crippen molar-refractivity contribution < 1.29 is 5.11 Å². The smallest absolute Gasteiger partial charge is 0.123 e. The largest absolute Gasteiger partial charge is 0.507 e. The molecule has 0 saturated carbocycles. The summed E-state index contributed by atoms with van der Waals surface area (Å²) in [7, 11) is 0. The Morgan fingerprint density at radius 1 is 1.29 bits per heavy atom. The molecule has 0 aliphatic carbocycles. The molecule has 0 aliphatic rings. The van der Waals surface area contributed by atoms with E-state index in [0.717, 1.165) is 16.0 Å². The van der Waals surface area contributed by atoms with E-state index in [1.165, 1.54) is 0 Å². The van der Waals surface area contributed by atoms with E-state index in [4.69, 9.17) is 5.73 Å². The van der Waals surface area contributed by atoms with Crippen LogP contribution in [0.1, 0.15) is 4.88 Å². The second-order valence-corrected chi connectivity index (χ2v) is 4.02. The Kier molecular flexibility index (Phi) is 2.52. The Morgan fingerprint density at radius 2 is 2.07 bits per heavy atom. The monoisotopic (exact) mass is 205 g/mol. The molecule has 1 aromatic heterocycles. The number of benzene rings is 1. The van der Waals surface area contributed by atoms with Crippen LogP contribution < -0.4 is 5.73 Å². The second kappa shape index (κ2) is 3.82. The number of aromatic hydroxyl groups is 1. The molecule has 72 valence electrons. The summed E-state index contributed by atoms with van der Waals surface area (Å²) in [4.78, 5) is 1.13. The van der Waals surface area contributed by atoms with Crippen molar-refractivity contribution in [2.75, 3.05) is 0 Å². The molecule has 2 rings (SSSR count). The normalized spacial score (nSPS) is 10.4. The van der Waals surface area contributed by atoms with Crippen LogP contribution in [0.3, 0.4) is 0 Å². The Labute approximate surface area is 86.6 Å². The minimum atomic E-state index is 0.314. The maximum atomic E-state index is 9.62. The first-order chi connectivity index (χ1) is 6.81. The van der Waals surface area contributed by atoms with Crippen LogP contribution in [0.5, 0.6) is 5.75 Å². The molecule has 0 aliphatic heterocycles. The number of hydrogen-bond donors (Lipinski definition) is 2. The summed E-state index contributed by atoms with van der Waals surface area (Å²) in [5.41, 5.74) is 7.43. The average Bonchev–Trinajstić information content (AvgIpc) is 2.67. The van der Waals surface area contributed by atoms with Gasteiger partial charge in [0, 0.05) is 17.0 Å². The van der Waals surface area contributed by atoms with Gasteiger partial charge in [0.15, 0.2) is 0 Å². The molecule has 1 heterocycles. The lowest BCUT2D eigenvalue weighted by molar-refractivity contribution is 0.477. The van der Waals surface area contributed by atoms with Crippen LogP contribution in [-0.4, -0.2) is 5.11 Å². The Balaban J connectivity index is 2.44. The fourth-order valence-corrected chi connectivity index (χ4v) is 2.11. The fraction of sp³-hybridized carbons (Fsp3) is 0.0909. The van der Waals surface area contributed by atoms with Gasteiger partial charge in [0.1, 0.15) is 5.75 Å². The number of nitrogens with two attached hydrogens (primary N) is 1. The first-order valence-electron chi connectivity index (χ1n) is 4.37. The molecule has 2 aromatic rings. The van der Waals surface area contributed by atoms with Crippen LogP contribution in [-0.2, 0) is 6.54 Å². The van der Waals surface area contributed by atoms with E-state index in [2.05, 4.69) is 0 Å². The number of hydrogen-bond acceptors (Lipinski definition) is 3. The maximum absolute atomic E-state index is 9.62. The van der Waals surface area contributed by atoms with Crippen molar-refractivity contribution >= 4 is 11.3 Å². The maximum Gasteiger partial charge on any atom is 0.123 e. The van der Waals surface area contributed by atoms with Gasteiger partial charge in [-0.3, -0.25) is 0 Å². The zero-order valence-electron chi connectivity index (χ0n) is 7.60. The predicted octanol–water partition coefficient (Wildman–Crippen LogP) is 2.58. The van der Waals surface area contributed by atoms with Crippen LogP contribution >= 0.6 is 11.3 Å². The molecule has 0 bridgehead atoms. The standard InChI is InChI=1S/C11H11NOS/c12-6-9-5-8(7-14-9)10-3-1-2-4-11(10)13/h1-5,7,13H,6,12H2. The summed E-state index contributed by atoms with van der Waals surface area (Å²) in [5.74, 6) is 0.314. The zero-order valence-corrected chi connectivity index (χ0v) is 8.42. The molecule has 0 spiro atoms. The minimum absolute atomic E-state index is 0.314. The summed E-state index contributed by atoms with van der Waals surface area (Å²) in [6, 6.07) is 9.33. The van der Waals surface area contributed by atoms with E-state index in [1.807, 2.05) is 29.6 Å². The lowest BCUT2D eigenvalue weighted by atomic mass is 10.1. The summed E-state index contributed by atoms with van der Waals surface area (Å²) >= 11 is 1.62. The highest BCUT2D eigenvalue weighted by Crippen LogP contribution is 2.31. The van der Waals surface area contributed by atoms with E-state index in [-0.39, 0.29) is 0 Å². The van der Waals surface area contributed by atoms with Crippen molar-refractivity contribution in [3.8, 4) is 16.9 Å². The number of para-hydroxylation sites is 1. The lowest BCUT2D eigenvalue weighted by Gasteiger charge is -1.99. The van der Waals surface area contributed by atoms with Gasteiger partial charge in [-0.25, -0.2) is 0 Å². The van der Waals surface area contributed by atoms with Crippen LogP contribution in [0.2, 0.25) is 0 Å². The Bertz CT molecular complexity index is 436. The number of phenolic OH excluding ortho intramolecular Hbond substituents is 1. The third-order valence-electron chi connectivity index (χ3n) is 2.07. The van der Waals surface area contributed by atoms with E-state index in [9.17, 15) is 5.11 Å². The number of thiophene rings is 1. The molecule has 0 amide bonds. The van der Waals surface area contributed by atoms with Crippen molar-refractivity contribution in [2.45, 2.75) is 6.54 Å². The first-order valence-corrected chi connectivity index (χ1v) is 5.25. The van der Waals surface area contributed by atoms with E-state index < -0.39 is 0 Å². The number of phenols is 1. The SMILES string of the molecule is NCc1cc(-c2ccccc2O)cs1. The number of rotatable bonds is 2. The van der Waals surface area contributed by atoms with Crippen molar-refractivity contribution in [3.63, 3.8) is 0 Å². The summed E-state index contributed by atoms with van der Waals surface area (Å²) in [6.07, 6.45) is 0. The van der Waals surface area contributed by atoms with Gasteiger partial charge in [0.05, 0.1) is 0 Å². The van der Waals surface area contributed by atoms with Gasteiger partial charge in [-0.15, -0.1) is 11.3 Å². The van der Waals surface area contributed by atoms with Gasteiger partial charge in [0.25, 0.3) is 0 Å². The minimum Gasteiger partial charge on any atom is -0.507 e. The third kappa shape index (κ3) is 1.64. The molecule has 0 fully saturated rings. The zero-order chi connectivity index (χ0) is 9.97. The van der Waals surface area contributed by atoms with Crippen molar-refractivity contribution in [2.24, 2.45) is 5.73 Å². The molecular formula is C11H11NOS. The quantitative estimate of drug-likeness (QED) is 0.791. The van der Waals surface area contributed by atoms with Crippen molar-refractivity contribution in [3.05, 3.63) is 40.6 Å². The highest BCUT2D eigenvalue weighted by Gasteiger charge is 2.04. The highest BCUT2D eigenvalue weighted by atomic mass is 32.1. The van der Waals surface area contributed by atoms with Crippen molar-refractivity contribution in [1.29, 1.82) is 0 Å². The Morgan fingerprint density at radius 3 is 2.71 bits per heavy atom. The van der Waals surface area contributed by atoms with E-state index in [0.29, 0.717) is 12.3 Å². The lowest BCUT2D eigenvalue weighted by Crippen LogP contribution is -1.91. The van der Waals surface area contributed by atoms with Gasteiger partial charge in [-0.2, -0.15) is 0 Å². The average molecular weight is 205 g/mol. The van der Waals surface area contributed by atoms with Crippen LogP contribution in [0.25, 0.3) is 11.1 Å². The Hall–Kier alpha value is -1.32. The molecule has 3 N–H and O–H groups in total. The molecule has 0 unspecified atom stereocenters. The van der Waals surface area contributed by atoms with E-state index in [1.54, 1.807) is 17.4 Å². The molecule has 1 aromatic carbocycles. The van der Waals surface area contributed by atoms with Crippen LogP contribution in [0.4, 0.5) is 0 Å². The molecular weight excluding hydrogens is 194 g/mol. The van der Waals surface area contributed by atoms with Crippen LogP contribution in [0.15, 0.2) is 35.7 Å². The molecule has 2 nitrogen and oxygen atoms in total. The summed E-state index contributed by atoms with van der Waals surface area (Å²) in [5, 5.41) is 11.6. The highest BCUT2D eigenvalue weighted by molar-refractivity contribution is 7.10. The van der Waals surface area contributed by atoms with Crippen molar-refractivity contribution in [1.82, 2.24) is 0 Å². The predicted molar refractivity (Wildman–Crippen MR) is 59.3 cm³/mol. The van der Waals surface area contributed by atoms with Gasteiger partial charge in [-0.1, -0.05) is 18.2 Å². The van der Waals surface area contributed by atoms with Gasteiger partial charge in [-0.05, 0) is 23.1 Å². The fourth-order valence-electron chi connectivity index (χ4n) is 1.35. The first kappa shape index (κ1) is 9.24. The molecule has 14 heavy (non-hydrogen) atoms. The van der Waals surface area contributed by atoms with E-state index >= 15 is 0 Å². The second-order valence-electron chi connectivity index (χ2n) is 3.02. The molecule has 0 radical (unpaired) electrons. The molecule has 0 atom stereocenters. The van der Waals surface area contributed by atoms with Gasteiger partial charge < -0.3 is 10.8 Å². The third-order valence-corrected chi connectivity index (χ3v) is 3.03. The summed E-state index contributed by atoms with van der Waals surface area (Å²) in [6.45, 7) is 0.554. The van der Waals surface area contributed by atoms with Gasteiger partial charge >= 0.3 is 0 Å². The molecule has 3 heteroatoms. The topological polar surface area (TPSA) is 46.2 Å². The summed E-state index contributed by atoms with van der Waals surface area (Å²) < 4.78 is 0. The molecule has 0 saturated heterocycles. The van der Waals surface area contributed by atoms with Gasteiger partial charge in [0.2, 0.25) is 0 Å². The van der Waals surface area contributed by atoms with Crippen LogP contribution in [0, 0.1) is 0 Å².